The number of nitrogens with one attached hydrogen (secondary N) is 1. The highest BCUT2D eigenvalue weighted by atomic mass is 19.3. The van der Waals surface area contributed by atoms with E-state index in [-0.39, 0.29) is 53.6 Å². The zero-order chi connectivity index (χ0) is 27.7. The third-order valence-electron chi connectivity index (χ3n) is 6.40. The van der Waals surface area contributed by atoms with Crippen molar-refractivity contribution in [1.82, 2.24) is 10.2 Å². The molecule has 1 aromatic heterocycles. The standard InChI is InChI=1S/C28H22F4N2O5/c29-19-2-4-20(5-3-19)38-24-14-17(11-18-12-21(39-25(18)24)15-33-27(36)37)22-6-1-16(13-23(22)30)26(35)34-9-7-28(31,32)8-10-34/h1-6,11-14,33H,7-10,15H2,(H,36,37). The molecule has 7 nitrogen and oxygen atoms in total. The summed E-state index contributed by atoms with van der Waals surface area (Å²) in [4.78, 5) is 25.0. The minimum atomic E-state index is -2.81. The second-order valence-corrected chi connectivity index (χ2v) is 9.16. The fourth-order valence-electron chi connectivity index (χ4n) is 4.39. The molecule has 0 atom stereocenters. The van der Waals surface area contributed by atoms with Crippen molar-refractivity contribution in [1.29, 1.82) is 0 Å². The topological polar surface area (TPSA) is 92.0 Å². The van der Waals surface area contributed by atoms with Crippen LogP contribution in [-0.4, -0.2) is 41.0 Å². The van der Waals surface area contributed by atoms with E-state index in [4.69, 9.17) is 14.3 Å². The number of carbonyl (C=O) groups is 2. The molecule has 2 amide bonds. The van der Waals surface area contributed by atoms with Crippen molar-refractivity contribution >= 4 is 23.0 Å². The Morgan fingerprint density at radius 3 is 2.38 bits per heavy atom. The minimum Gasteiger partial charge on any atom is -0.465 e. The summed E-state index contributed by atoms with van der Waals surface area (Å²) in [5.41, 5.74) is 0.802. The number of ether oxygens (including phenoxy) is 1. The molecular weight excluding hydrogens is 520 g/mol. The lowest BCUT2D eigenvalue weighted by atomic mass is 10.00. The molecule has 39 heavy (non-hydrogen) atoms. The molecule has 0 aliphatic carbocycles. The maximum atomic E-state index is 15.3. The Morgan fingerprint density at radius 1 is 1.00 bits per heavy atom. The van der Waals surface area contributed by atoms with Crippen LogP contribution in [-0.2, 0) is 6.54 Å². The fraction of sp³-hybridized carbons (Fsp3) is 0.214. The van der Waals surface area contributed by atoms with Crippen LogP contribution in [0.5, 0.6) is 11.5 Å². The van der Waals surface area contributed by atoms with Crippen LogP contribution in [0, 0.1) is 11.6 Å². The van der Waals surface area contributed by atoms with Crippen LogP contribution >= 0.6 is 0 Å². The minimum absolute atomic E-state index is 0.0377. The number of rotatable bonds is 6. The number of hydrogen-bond donors (Lipinski definition) is 2. The van der Waals surface area contributed by atoms with E-state index < -0.39 is 42.4 Å². The average Bonchev–Trinajstić information content (AvgIpc) is 3.32. The summed E-state index contributed by atoms with van der Waals surface area (Å²) in [5, 5.41) is 11.6. The van der Waals surface area contributed by atoms with E-state index >= 15 is 4.39 Å². The molecule has 4 aromatic rings. The number of fused-ring (bicyclic) bond motifs is 1. The monoisotopic (exact) mass is 542 g/mol. The van der Waals surface area contributed by atoms with Crippen LogP contribution in [0.4, 0.5) is 22.4 Å². The van der Waals surface area contributed by atoms with E-state index in [2.05, 4.69) is 5.32 Å². The maximum Gasteiger partial charge on any atom is 0.405 e. The smallest absolute Gasteiger partial charge is 0.405 e. The van der Waals surface area contributed by atoms with Crippen molar-refractivity contribution in [3.8, 4) is 22.6 Å². The number of alkyl halides is 2. The van der Waals surface area contributed by atoms with Crippen LogP contribution < -0.4 is 10.1 Å². The molecule has 202 valence electrons. The first-order chi connectivity index (χ1) is 18.6. The van der Waals surface area contributed by atoms with Crippen LogP contribution in [0.2, 0.25) is 0 Å². The van der Waals surface area contributed by atoms with Crippen molar-refractivity contribution in [3.05, 3.63) is 83.6 Å². The SMILES string of the molecule is O=C(O)NCc1cc2cc(-c3ccc(C(=O)N4CCC(F)(F)CC4)cc3F)cc(Oc3ccc(F)cc3)c2o1. The molecule has 0 spiro atoms. The number of likely N-dealkylation sites (tertiary alicyclic amines) is 1. The van der Waals surface area contributed by atoms with Crippen molar-refractivity contribution in [3.63, 3.8) is 0 Å². The predicted molar refractivity (Wildman–Crippen MR) is 133 cm³/mol. The van der Waals surface area contributed by atoms with Gasteiger partial charge in [0.2, 0.25) is 0 Å². The highest BCUT2D eigenvalue weighted by Crippen LogP contribution is 2.38. The number of nitrogens with zero attached hydrogens (tertiary/aromatic N) is 1. The van der Waals surface area contributed by atoms with E-state index in [0.717, 1.165) is 6.07 Å². The molecule has 2 heterocycles. The number of benzene rings is 3. The zero-order valence-electron chi connectivity index (χ0n) is 20.3. The molecular formula is C28H22F4N2O5. The second kappa shape index (κ2) is 10.3. The normalized spacial score (nSPS) is 14.8. The molecule has 1 saturated heterocycles. The molecule has 0 unspecified atom stereocenters. The first-order valence-electron chi connectivity index (χ1n) is 12.0. The quantitative estimate of drug-likeness (QED) is 0.261. The molecule has 1 aliphatic heterocycles. The number of piperidine rings is 1. The van der Waals surface area contributed by atoms with Crippen LogP contribution in [0.3, 0.4) is 0 Å². The molecule has 3 aromatic carbocycles. The van der Waals surface area contributed by atoms with E-state index in [9.17, 15) is 22.8 Å². The van der Waals surface area contributed by atoms with Crippen molar-refractivity contribution in [2.75, 3.05) is 13.1 Å². The van der Waals surface area contributed by atoms with Crippen LogP contribution in [0.1, 0.15) is 29.0 Å². The van der Waals surface area contributed by atoms with E-state index in [1.807, 2.05) is 0 Å². The van der Waals surface area contributed by atoms with Crippen molar-refractivity contribution < 1.29 is 41.4 Å². The van der Waals surface area contributed by atoms with Gasteiger partial charge in [-0.15, -0.1) is 0 Å². The maximum absolute atomic E-state index is 15.3. The molecule has 0 saturated carbocycles. The van der Waals surface area contributed by atoms with Gasteiger partial charge in [-0.2, -0.15) is 0 Å². The van der Waals surface area contributed by atoms with Gasteiger partial charge in [-0.3, -0.25) is 4.79 Å². The highest BCUT2D eigenvalue weighted by Gasteiger charge is 2.36. The van der Waals surface area contributed by atoms with E-state index in [0.29, 0.717) is 10.9 Å². The second-order valence-electron chi connectivity index (χ2n) is 9.16. The molecule has 2 N–H and O–H groups in total. The predicted octanol–water partition coefficient (Wildman–Crippen LogP) is 6.81. The molecule has 11 heteroatoms. The van der Waals surface area contributed by atoms with Gasteiger partial charge in [0.25, 0.3) is 11.8 Å². The Morgan fingerprint density at radius 2 is 1.72 bits per heavy atom. The Kier molecular flexibility index (Phi) is 6.90. The number of halogens is 4. The Labute approximate surface area is 219 Å². The molecule has 1 fully saturated rings. The van der Waals surface area contributed by atoms with Gasteiger partial charge >= 0.3 is 6.09 Å². The molecule has 0 bridgehead atoms. The van der Waals surface area contributed by atoms with E-state index in [1.165, 1.54) is 47.4 Å². The Hall–Kier alpha value is -4.54. The van der Waals surface area contributed by atoms with Crippen LogP contribution in [0.15, 0.2) is 65.1 Å². The number of carbonyl (C=O) groups excluding carboxylic acids is 1. The van der Waals surface area contributed by atoms with Crippen LogP contribution in [0.25, 0.3) is 22.1 Å². The summed E-state index contributed by atoms with van der Waals surface area (Å²) in [6.07, 6.45) is -2.12. The molecule has 5 rings (SSSR count). The lowest BCUT2D eigenvalue weighted by Gasteiger charge is -2.31. The van der Waals surface area contributed by atoms with Gasteiger partial charge in [0.15, 0.2) is 11.3 Å². The summed E-state index contributed by atoms with van der Waals surface area (Å²) in [6.45, 7) is -0.353. The summed E-state index contributed by atoms with van der Waals surface area (Å²) < 4.78 is 67.3. The Bertz CT molecular complexity index is 1540. The van der Waals surface area contributed by atoms with Gasteiger partial charge in [0.05, 0.1) is 6.54 Å². The highest BCUT2D eigenvalue weighted by molar-refractivity contribution is 5.95. The zero-order valence-corrected chi connectivity index (χ0v) is 20.3. The number of amides is 2. The van der Waals surface area contributed by atoms with Gasteiger partial charge in [0, 0.05) is 42.4 Å². The first kappa shape index (κ1) is 26.1. The molecule has 1 aliphatic rings. The van der Waals surface area contributed by atoms with Gasteiger partial charge in [-0.05, 0) is 60.2 Å². The average molecular weight is 542 g/mol. The summed E-state index contributed by atoms with van der Waals surface area (Å²) in [5.74, 6) is -3.79. The van der Waals surface area contributed by atoms with Crippen molar-refractivity contribution in [2.45, 2.75) is 25.3 Å². The molecule has 0 radical (unpaired) electrons. The third kappa shape index (κ3) is 5.82. The number of hydrogen-bond acceptors (Lipinski definition) is 4. The summed E-state index contributed by atoms with van der Waals surface area (Å²) in [6, 6.07) is 13.8. The van der Waals surface area contributed by atoms with Gasteiger partial charge in [-0.25, -0.2) is 22.4 Å². The fourth-order valence-corrected chi connectivity index (χ4v) is 4.39. The van der Waals surface area contributed by atoms with E-state index in [1.54, 1.807) is 12.1 Å². The third-order valence-corrected chi connectivity index (χ3v) is 6.40. The lowest BCUT2D eigenvalue weighted by molar-refractivity contribution is -0.0494. The Balaban J connectivity index is 1.48. The summed E-state index contributed by atoms with van der Waals surface area (Å²) in [7, 11) is 0. The largest absolute Gasteiger partial charge is 0.465 e. The van der Waals surface area contributed by atoms with Gasteiger partial charge < -0.3 is 24.5 Å². The number of carboxylic acid groups (broad SMARTS) is 1. The van der Waals surface area contributed by atoms with Gasteiger partial charge in [-0.1, -0.05) is 6.07 Å². The number of furan rings is 1. The first-order valence-corrected chi connectivity index (χ1v) is 12.0. The van der Waals surface area contributed by atoms with Gasteiger partial charge in [0.1, 0.15) is 23.1 Å². The lowest BCUT2D eigenvalue weighted by Crippen LogP contribution is -2.42. The summed E-state index contributed by atoms with van der Waals surface area (Å²) >= 11 is 0. The van der Waals surface area contributed by atoms with Crippen molar-refractivity contribution in [2.24, 2.45) is 0 Å².